The maximum Gasteiger partial charge on any atom is 0.389 e. The molecule has 0 amide bonds. The normalized spacial score (nSPS) is 11.7. The molecule has 1 aromatic rings. The van der Waals surface area contributed by atoms with Gasteiger partial charge in [0.15, 0.2) is 0 Å². The number of rotatable bonds is 6. The number of hydrogen-bond donors (Lipinski definition) is 1. The first kappa shape index (κ1) is 16.4. The largest absolute Gasteiger partial charge is 0.481 e. The summed E-state index contributed by atoms with van der Waals surface area (Å²) in [5, 5.41) is 8.88. The molecule has 20 heavy (non-hydrogen) atoms. The van der Waals surface area contributed by atoms with Crippen molar-refractivity contribution in [1.82, 2.24) is 9.97 Å². The zero-order valence-electron chi connectivity index (χ0n) is 11.4. The molecule has 0 fully saturated rings. The van der Waals surface area contributed by atoms with Gasteiger partial charge in [0.2, 0.25) is 0 Å². The maximum absolute atomic E-state index is 12.2. The minimum atomic E-state index is -4.25. The van der Waals surface area contributed by atoms with Gasteiger partial charge in [-0.15, -0.1) is 0 Å². The summed E-state index contributed by atoms with van der Waals surface area (Å²) in [6.45, 7) is 3.58. The van der Waals surface area contributed by atoms with E-state index >= 15 is 0 Å². The average Bonchev–Trinajstić information content (AvgIpc) is 2.35. The van der Waals surface area contributed by atoms with Gasteiger partial charge in [-0.1, -0.05) is 13.8 Å². The maximum atomic E-state index is 12.2. The molecule has 0 unspecified atom stereocenters. The van der Waals surface area contributed by atoms with Crippen LogP contribution >= 0.6 is 0 Å². The predicted octanol–water partition coefficient (Wildman–Crippen LogP) is 2.72. The molecule has 1 aromatic heterocycles. The summed E-state index contributed by atoms with van der Waals surface area (Å²) in [4.78, 5) is 19.0. The molecule has 0 atom stereocenters. The summed E-state index contributed by atoms with van der Waals surface area (Å²) in [6.07, 6.45) is -4.77. The van der Waals surface area contributed by atoms with Crippen LogP contribution in [-0.4, -0.2) is 27.2 Å². The average molecular weight is 290 g/mol. The van der Waals surface area contributed by atoms with Crippen LogP contribution < -0.4 is 0 Å². The Morgan fingerprint density at radius 1 is 1.15 bits per heavy atom. The van der Waals surface area contributed by atoms with Crippen LogP contribution in [-0.2, 0) is 30.5 Å². The van der Waals surface area contributed by atoms with Crippen LogP contribution in [0.5, 0.6) is 0 Å². The third-order valence-corrected chi connectivity index (χ3v) is 2.85. The molecule has 1 rings (SSSR count). The van der Waals surface area contributed by atoms with Gasteiger partial charge >= 0.3 is 12.1 Å². The topological polar surface area (TPSA) is 63.1 Å². The molecule has 0 aliphatic rings. The lowest BCUT2D eigenvalue weighted by Gasteiger charge is -2.13. The first-order chi connectivity index (χ1) is 9.26. The molecule has 0 aliphatic heterocycles. The fourth-order valence-corrected chi connectivity index (χ4v) is 1.94. The second kappa shape index (κ2) is 6.67. The monoisotopic (exact) mass is 290 g/mol. The highest BCUT2D eigenvalue weighted by molar-refractivity contribution is 5.71. The van der Waals surface area contributed by atoms with Crippen molar-refractivity contribution in [1.29, 1.82) is 0 Å². The fraction of sp³-hybridized carbons (Fsp3) is 0.615. The van der Waals surface area contributed by atoms with Crippen molar-refractivity contribution < 1.29 is 23.1 Å². The van der Waals surface area contributed by atoms with Crippen LogP contribution in [0.4, 0.5) is 13.2 Å². The van der Waals surface area contributed by atoms with Crippen molar-refractivity contribution in [2.75, 3.05) is 0 Å². The molecule has 0 saturated heterocycles. The van der Waals surface area contributed by atoms with Gasteiger partial charge in [-0.2, -0.15) is 13.2 Å². The van der Waals surface area contributed by atoms with E-state index in [2.05, 4.69) is 9.97 Å². The molecule has 0 aliphatic carbocycles. The highest BCUT2D eigenvalue weighted by Crippen LogP contribution is 2.22. The SMILES string of the molecule is CCc1nc(CCC(F)(F)F)nc(CC)c1CC(=O)O. The van der Waals surface area contributed by atoms with Crippen LogP contribution in [0.15, 0.2) is 0 Å². The summed E-state index contributed by atoms with van der Waals surface area (Å²) < 4.78 is 36.7. The van der Waals surface area contributed by atoms with Gasteiger partial charge in [-0.25, -0.2) is 9.97 Å². The van der Waals surface area contributed by atoms with Crippen LogP contribution in [0.2, 0.25) is 0 Å². The summed E-state index contributed by atoms with van der Waals surface area (Å²) in [6, 6.07) is 0. The van der Waals surface area contributed by atoms with Gasteiger partial charge in [0, 0.05) is 23.4 Å². The Kier molecular flexibility index (Phi) is 5.47. The number of aromatic nitrogens is 2. The fourth-order valence-electron chi connectivity index (χ4n) is 1.94. The van der Waals surface area contributed by atoms with E-state index in [4.69, 9.17) is 5.11 Å². The lowest BCUT2D eigenvalue weighted by atomic mass is 10.0. The number of alkyl halides is 3. The molecule has 0 radical (unpaired) electrons. The smallest absolute Gasteiger partial charge is 0.389 e. The minimum Gasteiger partial charge on any atom is -0.481 e. The molecule has 1 N–H and O–H groups in total. The van der Waals surface area contributed by atoms with E-state index in [1.54, 1.807) is 13.8 Å². The Morgan fingerprint density at radius 2 is 1.65 bits per heavy atom. The van der Waals surface area contributed by atoms with Crippen LogP contribution in [0.25, 0.3) is 0 Å². The van der Waals surface area contributed by atoms with Crippen molar-refractivity contribution >= 4 is 5.97 Å². The standard InChI is InChI=1S/C13H17F3N2O2/c1-3-9-8(7-12(19)20)10(4-2)18-11(17-9)5-6-13(14,15)16/h3-7H2,1-2H3,(H,19,20). The van der Waals surface area contributed by atoms with Crippen molar-refractivity contribution in [3.63, 3.8) is 0 Å². The third kappa shape index (κ3) is 4.79. The molecular formula is C13H17F3N2O2. The number of carboxylic acids is 1. The number of carboxylic acid groups (broad SMARTS) is 1. The lowest BCUT2D eigenvalue weighted by molar-refractivity contribution is -0.136. The third-order valence-electron chi connectivity index (χ3n) is 2.85. The van der Waals surface area contributed by atoms with E-state index in [0.29, 0.717) is 29.8 Å². The Morgan fingerprint density at radius 3 is 2.00 bits per heavy atom. The van der Waals surface area contributed by atoms with Crippen LogP contribution in [0.1, 0.15) is 43.0 Å². The van der Waals surface area contributed by atoms with E-state index in [-0.39, 0.29) is 18.7 Å². The summed E-state index contributed by atoms with van der Waals surface area (Å²) in [5.74, 6) is -0.869. The van der Waals surface area contributed by atoms with Gasteiger partial charge in [0.25, 0.3) is 0 Å². The zero-order chi connectivity index (χ0) is 15.3. The Bertz CT molecular complexity index is 462. The van der Waals surface area contributed by atoms with Crippen molar-refractivity contribution in [3.05, 3.63) is 22.8 Å². The van der Waals surface area contributed by atoms with Crippen molar-refractivity contribution in [2.24, 2.45) is 0 Å². The summed E-state index contributed by atoms with van der Waals surface area (Å²) >= 11 is 0. The Balaban J connectivity index is 3.08. The summed E-state index contributed by atoms with van der Waals surface area (Å²) in [5.41, 5.74) is 1.58. The Labute approximate surface area is 115 Å². The van der Waals surface area contributed by atoms with Gasteiger partial charge in [0.05, 0.1) is 12.8 Å². The first-order valence-corrected chi connectivity index (χ1v) is 6.42. The molecule has 112 valence electrons. The number of nitrogens with zero attached hydrogens (tertiary/aromatic N) is 2. The molecule has 0 bridgehead atoms. The molecular weight excluding hydrogens is 273 g/mol. The number of aryl methyl sites for hydroxylation is 3. The number of halogens is 3. The van der Waals surface area contributed by atoms with E-state index in [1.807, 2.05) is 0 Å². The van der Waals surface area contributed by atoms with Crippen LogP contribution in [0.3, 0.4) is 0 Å². The predicted molar refractivity (Wildman–Crippen MR) is 66.5 cm³/mol. The molecule has 0 aromatic carbocycles. The molecule has 0 saturated carbocycles. The molecule has 1 heterocycles. The second-order valence-corrected chi connectivity index (χ2v) is 4.40. The number of aliphatic carboxylic acids is 1. The summed E-state index contributed by atoms with van der Waals surface area (Å²) in [7, 11) is 0. The highest BCUT2D eigenvalue weighted by Gasteiger charge is 2.27. The van der Waals surface area contributed by atoms with E-state index < -0.39 is 18.6 Å². The molecule has 7 heteroatoms. The quantitative estimate of drug-likeness (QED) is 0.875. The number of carbonyl (C=O) groups is 1. The van der Waals surface area contributed by atoms with E-state index in [9.17, 15) is 18.0 Å². The van der Waals surface area contributed by atoms with E-state index in [0.717, 1.165) is 0 Å². The van der Waals surface area contributed by atoms with E-state index in [1.165, 1.54) is 0 Å². The molecule has 0 spiro atoms. The number of hydrogen-bond acceptors (Lipinski definition) is 3. The lowest BCUT2D eigenvalue weighted by Crippen LogP contribution is -2.15. The highest BCUT2D eigenvalue weighted by atomic mass is 19.4. The minimum absolute atomic E-state index is 0.130. The van der Waals surface area contributed by atoms with Crippen molar-refractivity contribution in [3.8, 4) is 0 Å². The second-order valence-electron chi connectivity index (χ2n) is 4.40. The first-order valence-electron chi connectivity index (χ1n) is 6.42. The Hall–Kier alpha value is -1.66. The molecule has 4 nitrogen and oxygen atoms in total. The zero-order valence-corrected chi connectivity index (χ0v) is 11.4. The van der Waals surface area contributed by atoms with Gasteiger partial charge < -0.3 is 5.11 Å². The van der Waals surface area contributed by atoms with Crippen LogP contribution in [0, 0.1) is 0 Å². The van der Waals surface area contributed by atoms with Gasteiger partial charge in [-0.3, -0.25) is 4.79 Å². The van der Waals surface area contributed by atoms with Gasteiger partial charge in [-0.05, 0) is 12.8 Å². The van der Waals surface area contributed by atoms with Crippen molar-refractivity contribution in [2.45, 2.75) is 52.1 Å². The van der Waals surface area contributed by atoms with Gasteiger partial charge in [0.1, 0.15) is 5.82 Å².